The lowest BCUT2D eigenvalue weighted by molar-refractivity contribution is -0.128. The van der Waals surface area contributed by atoms with Crippen molar-refractivity contribution in [2.24, 2.45) is 11.1 Å². The highest BCUT2D eigenvalue weighted by atomic mass is 16.2. The predicted molar refractivity (Wildman–Crippen MR) is 78.9 cm³/mol. The van der Waals surface area contributed by atoms with E-state index in [-0.39, 0.29) is 11.3 Å². The molecule has 0 saturated heterocycles. The molecule has 2 rings (SSSR count). The number of nitrogens with zero attached hydrogens (tertiary/aromatic N) is 1. The summed E-state index contributed by atoms with van der Waals surface area (Å²) in [6.45, 7) is 2.57. The Kier molecular flexibility index (Phi) is 4.25. The molecule has 3 nitrogen and oxygen atoms in total. The normalized spacial score (nSPS) is 18.1. The van der Waals surface area contributed by atoms with Crippen LogP contribution in [-0.2, 0) is 11.3 Å². The van der Waals surface area contributed by atoms with Crippen LogP contribution in [-0.4, -0.2) is 13.0 Å². The SMILES string of the molecule is CN(C(=O)C1(C)CCCCC1)c1ccccc1CN. The number of benzene rings is 1. The van der Waals surface area contributed by atoms with E-state index in [0.29, 0.717) is 6.54 Å². The number of carbonyl (C=O) groups excluding carboxylic acids is 1. The van der Waals surface area contributed by atoms with Gasteiger partial charge < -0.3 is 10.6 Å². The molecule has 3 heteroatoms. The van der Waals surface area contributed by atoms with Gasteiger partial charge in [0.2, 0.25) is 5.91 Å². The highest BCUT2D eigenvalue weighted by molar-refractivity contribution is 5.97. The molecule has 0 aromatic heterocycles. The van der Waals surface area contributed by atoms with Crippen molar-refractivity contribution in [2.45, 2.75) is 45.6 Å². The number of carbonyl (C=O) groups is 1. The van der Waals surface area contributed by atoms with Crippen molar-refractivity contribution in [3.05, 3.63) is 29.8 Å². The monoisotopic (exact) mass is 260 g/mol. The Bertz CT molecular complexity index is 450. The Hall–Kier alpha value is -1.35. The summed E-state index contributed by atoms with van der Waals surface area (Å²) in [6, 6.07) is 7.89. The first-order valence-corrected chi connectivity index (χ1v) is 7.14. The number of hydrogen-bond donors (Lipinski definition) is 1. The fourth-order valence-corrected chi connectivity index (χ4v) is 3.07. The molecule has 19 heavy (non-hydrogen) atoms. The maximum Gasteiger partial charge on any atom is 0.232 e. The second-order valence-corrected chi connectivity index (χ2v) is 5.82. The lowest BCUT2D eigenvalue weighted by Crippen LogP contribution is -2.42. The molecule has 2 N–H and O–H groups in total. The van der Waals surface area contributed by atoms with Gasteiger partial charge in [-0.15, -0.1) is 0 Å². The molecule has 0 aliphatic heterocycles. The molecular weight excluding hydrogens is 236 g/mol. The molecule has 1 aliphatic rings. The van der Waals surface area contributed by atoms with Crippen molar-refractivity contribution < 1.29 is 4.79 Å². The van der Waals surface area contributed by atoms with Gasteiger partial charge in [-0.2, -0.15) is 0 Å². The lowest BCUT2D eigenvalue weighted by Gasteiger charge is -2.36. The number of rotatable bonds is 3. The zero-order valence-corrected chi connectivity index (χ0v) is 12.0. The van der Waals surface area contributed by atoms with E-state index in [0.717, 1.165) is 36.9 Å². The van der Waals surface area contributed by atoms with Gasteiger partial charge in [0.1, 0.15) is 0 Å². The highest BCUT2D eigenvalue weighted by Crippen LogP contribution is 2.38. The van der Waals surface area contributed by atoms with Gasteiger partial charge in [0.25, 0.3) is 0 Å². The lowest BCUT2D eigenvalue weighted by atomic mass is 9.74. The van der Waals surface area contributed by atoms with Gasteiger partial charge in [-0.3, -0.25) is 4.79 Å². The number of nitrogens with two attached hydrogens (primary N) is 1. The van der Waals surface area contributed by atoms with Crippen LogP contribution in [0.3, 0.4) is 0 Å². The largest absolute Gasteiger partial charge is 0.326 e. The van der Waals surface area contributed by atoms with Gasteiger partial charge in [-0.25, -0.2) is 0 Å². The average molecular weight is 260 g/mol. The molecule has 0 atom stereocenters. The van der Waals surface area contributed by atoms with Gasteiger partial charge in [0, 0.05) is 24.7 Å². The Morgan fingerprint density at radius 1 is 1.26 bits per heavy atom. The second kappa shape index (κ2) is 5.74. The predicted octanol–water partition coefficient (Wildman–Crippen LogP) is 3.08. The molecule has 0 unspecified atom stereocenters. The standard InChI is InChI=1S/C16H24N2O/c1-16(10-6-3-7-11-16)15(19)18(2)14-9-5-4-8-13(14)12-17/h4-5,8-9H,3,6-7,10-12,17H2,1-2H3. The van der Waals surface area contributed by atoms with Gasteiger partial charge >= 0.3 is 0 Å². The molecular formula is C16H24N2O. The fourth-order valence-electron chi connectivity index (χ4n) is 3.07. The molecule has 104 valence electrons. The second-order valence-electron chi connectivity index (χ2n) is 5.82. The average Bonchev–Trinajstić information content (AvgIpc) is 2.46. The molecule has 0 spiro atoms. The van der Waals surface area contributed by atoms with Crippen molar-refractivity contribution in [1.82, 2.24) is 0 Å². The first kappa shape index (κ1) is 14.1. The third-order valence-electron chi connectivity index (χ3n) is 4.35. The minimum atomic E-state index is -0.200. The first-order valence-electron chi connectivity index (χ1n) is 7.14. The quantitative estimate of drug-likeness (QED) is 0.907. The minimum absolute atomic E-state index is 0.200. The van der Waals surface area contributed by atoms with Gasteiger partial charge in [0.15, 0.2) is 0 Å². The summed E-state index contributed by atoms with van der Waals surface area (Å²) in [6.07, 6.45) is 5.58. The van der Waals surface area contributed by atoms with Gasteiger partial charge in [-0.05, 0) is 24.5 Å². The molecule has 1 aliphatic carbocycles. The molecule has 1 amide bonds. The summed E-state index contributed by atoms with van der Waals surface area (Å²) in [7, 11) is 1.87. The van der Waals surface area contributed by atoms with Crippen LogP contribution in [0, 0.1) is 5.41 Å². The van der Waals surface area contributed by atoms with Crippen LogP contribution < -0.4 is 10.6 Å². The smallest absolute Gasteiger partial charge is 0.232 e. The van der Waals surface area contributed by atoms with E-state index in [1.807, 2.05) is 31.3 Å². The van der Waals surface area contributed by atoms with E-state index in [2.05, 4.69) is 6.92 Å². The molecule has 1 aromatic rings. The summed E-state index contributed by atoms with van der Waals surface area (Å²) in [4.78, 5) is 14.6. The molecule has 1 saturated carbocycles. The number of amides is 1. The van der Waals surface area contributed by atoms with E-state index in [1.165, 1.54) is 6.42 Å². The van der Waals surface area contributed by atoms with Gasteiger partial charge in [0.05, 0.1) is 0 Å². The third kappa shape index (κ3) is 2.81. The number of hydrogen-bond acceptors (Lipinski definition) is 2. The van der Waals surface area contributed by atoms with Crippen molar-refractivity contribution in [2.75, 3.05) is 11.9 Å². The number of anilines is 1. The molecule has 0 bridgehead atoms. The maximum atomic E-state index is 12.8. The Morgan fingerprint density at radius 3 is 2.53 bits per heavy atom. The summed E-state index contributed by atoms with van der Waals surface area (Å²) in [5.74, 6) is 0.230. The van der Waals surface area contributed by atoms with Crippen LogP contribution in [0.15, 0.2) is 24.3 Å². The van der Waals surface area contributed by atoms with E-state index >= 15 is 0 Å². The van der Waals surface area contributed by atoms with E-state index in [9.17, 15) is 4.79 Å². The van der Waals surface area contributed by atoms with Crippen LogP contribution in [0.1, 0.15) is 44.6 Å². The first-order chi connectivity index (χ1) is 9.08. The molecule has 0 radical (unpaired) electrons. The van der Waals surface area contributed by atoms with Crippen LogP contribution in [0.4, 0.5) is 5.69 Å². The van der Waals surface area contributed by atoms with Crippen molar-refractivity contribution in [3.63, 3.8) is 0 Å². The zero-order valence-electron chi connectivity index (χ0n) is 12.0. The summed E-state index contributed by atoms with van der Waals surface area (Å²) >= 11 is 0. The third-order valence-corrected chi connectivity index (χ3v) is 4.35. The summed E-state index contributed by atoms with van der Waals surface area (Å²) < 4.78 is 0. The molecule has 1 aromatic carbocycles. The maximum absolute atomic E-state index is 12.8. The minimum Gasteiger partial charge on any atom is -0.326 e. The van der Waals surface area contributed by atoms with E-state index in [1.54, 1.807) is 4.90 Å². The van der Waals surface area contributed by atoms with Crippen LogP contribution in [0.2, 0.25) is 0 Å². The Balaban J connectivity index is 2.23. The van der Waals surface area contributed by atoms with Crippen molar-refractivity contribution in [3.8, 4) is 0 Å². The van der Waals surface area contributed by atoms with Crippen molar-refractivity contribution in [1.29, 1.82) is 0 Å². The van der Waals surface area contributed by atoms with E-state index in [4.69, 9.17) is 5.73 Å². The van der Waals surface area contributed by atoms with Crippen LogP contribution in [0.25, 0.3) is 0 Å². The fraction of sp³-hybridized carbons (Fsp3) is 0.562. The van der Waals surface area contributed by atoms with E-state index < -0.39 is 0 Å². The zero-order chi connectivity index (χ0) is 13.9. The molecule has 1 fully saturated rings. The van der Waals surface area contributed by atoms with Crippen LogP contribution >= 0.6 is 0 Å². The van der Waals surface area contributed by atoms with Crippen molar-refractivity contribution >= 4 is 11.6 Å². The Labute approximate surface area is 115 Å². The highest BCUT2D eigenvalue weighted by Gasteiger charge is 2.37. The number of para-hydroxylation sites is 1. The topological polar surface area (TPSA) is 46.3 Å². The summed E-state index contributed by atoms with van der Waals surface area (Å²) in [5, 5.41) is 0. The van der Waals surface area contributed by atoms with Gasteiger partial charge in [-0.1, -0.05) is 44.4 Å². The van der Waals surface area contributed by atoms with Crippen LogP contribution in [0.5, 0.6) is 0 Å². The molecule has 0 heterocycles. The Morgan fingerprint density at radius 2 is 1.89 bits per heavy atom. The summed E-state index contributed by atoms with van der Waals surface area (Å²) in [5.41, 5.74) is 7.53.